The van der Waals surface area contributed by atoms with E-state index in [4.69, 9.17) is 33.0 Å². The van der Waals surface area contributed by atoms with E-state index >= 15 is 9.59 Å². The minimum Gasteiger partial charge on any atom is -0.481 e. The van der Waals surface area contributed by atoms with Crippen LogP contribution in [0.4, 0.5) is 0 Å². The van der Waals surface area contributed by atoms with Crippen molar-refractivity contribution in [3.63, 3.8) is 0 Å². The maximum atomic E-state index is 15.4. The topological polar surface area (TPSA) is 452 Å². The van der Waals surface area contributed by atoms with Crippen molar-refractivity contribution >= 4 is 126 Å². The molecule has 0 unspecified atom stereocenters. The number of amides is 10. The normalized spacial score (nSPS) is 22.3. The second kappa shape index (κ2) is 33.8. The Hall–Kier alpha value is -8.65. The number of fused-ring (bicyclic) bond motifs is 3. The number of hydrogen-bond acceptors (Lipinski definition) is 16. The van der Waals surface area contributed by atoms with Gasteiger partial charge in [0.15, 0.2) is 6.04 Å². The van der Waals surface area contributed by atoms with E-state index in [9.17, 15) is 66.0 Å². The van der Waals surface area contributed by atoms with E-state index in [1.54, 1.807) is 64.4 Å². The van der Waals surface area contributed by atoms with Crippen molar-refractivity contribution in [2.24, 2.45) is 17.8 Å². The maximum Gasteiger partial charge on any atom is 0.331 e. The summed E-state index contributed by atoms with van der Waals surface area (Å²) in [6.07, 6.45) is 3.86. The number of aliphatic carboxylic acids is 1. The molecular formula is C63H84Cl2N12O18S. The number of para-hydroxylation sites is 1. The molecule has 6 rings (SSSR count). The molecule has 2 aliphatic heterocycles. The molecule has 14 N–H and O–H groups in total. The van der Waals surface area contributed by atoms with E-state index in [0.717, 1.165) is 16.0 Å². The Labute approximate surface area is 563 Å². The second-order valence-corrected chi connectivity index (χ2v) is 27.5. The van der Waals surface area contributed by atoms with Crippen LogP contribution in [0.25, 0.3) is 21.8 Å². The zero-order valence-corrected chi connectivity index (χ0v) is 56.8. The van der Waals surface area contributed by atoms with Crippen LogP contribution < -0.4 is 47.9 Å². The van der Waals surface area contributed by atoms with Gasteiger partial charge >= 0.3 is 11.9 Å². The van der Waals surface area contributed by atoms with Crippen molar-refractivity contribution < 1.29 is 85.5 Å². The average molecular weight is 1400 g/mol. The average Bonchev–Trinajstić information content (AvgIpc) is 1.61. The number of carboxylic acids is 1. The lowest BCUT2D eigenvalue weighted by Crippen LogP contribution is -2.62. The lowest BCUT2D eigenvalue weighted by atomic mass is 9.96. The van der Waals surface area contributed by atoms with Crippen LogP contribution in [0, 0.1) is 17.8 Å². The van der Waals surface area contributed by atoms with E-state index in [-0.39, 0.29) is 44.6 Å². The highest BCUT2D eigenvalue weighted by molar-refractivity contribution is 7.85. The molecule has 10 amide bonds. The van der Waals surface area contributed by atoms with Crippen LogP contribution in [0.15, 0.2) is 54.4 Å². The molecule has 33 heteroatoms. The highest BCUT2D eigenvalue weighted by Crippen LogP contribution is 2.32. The third-order valence-electron chi connectivity index (χ3n) is 16.1. The van der Waals surface area contributed by atoms with Gasteiger partial charge in [-0.3, -0.25) is 57.3 Å². The molecule has 2 aliphatic rings. The van der Waals surface area contributed by atoms with Crippen LogP contribution in [-0.4, -0.2) is 195 Å². The fourth-order valence-electron chi connectivity index (χ4n) is 11.1. The van der Waals surface area contributed by atoms with Crippen molar-refractivity contribution in [3.8, 4) is 0 Å². The van der Waals surface area contributed by atoms with Gasteiger partial charge in [0.1, 0.15) is 73.2 Å². The number of H-pyrrole nitrogens is 2. The third-order valence-corrected chi connectivity index (χ3v) is 17.5. The molecule has 2 aromatic carbocycles. The number of aliphatic hydroxyl groups excluding tert-OH is 1. The third kappa shape index (κ3) is 20.7. The Morgan fingerprint density at radius 2 is 1.30 bits per heavy atom. The standard InChI is InChI=1S/C63H84Cl2N12O18S/c1-29(2)15-16-34-17-18-39(65)53-49(34)36(25-67-53)22-42-57(85)76-51(32(7)8)60(88)71-40(20-30(3)4)55(83)72-43(26-78)63(91)95-27-44(73-61(89)50(31(5)6)75-54(82)33(9)68-47(79)23-48(80)81)58(86)74-45(28-96(92,93)94)62(90)77-19-11-14-46(77)59(87)70-41(56(84)69-42)21-35-24-66-52-37(35)12-10-13-38(52)64/h10,12-13,15,17-18,24-25,30-33,40-46,50-51,66-67,78H,11,14,16,19-23,26-28H2,1-9H3,(H,68,79)(H,69,84)(H,70,87)(H,71,88)(H,72,83)(H,73,89)(H,74,86)(H,75,82)(H,76,85)(H,80,81)(H,92,93,94)/t33-,40+,41-,42-,43-,44-,45+,46-,50-,51+/m0/s1. The molecule has 0 spiro atoms. The molecule has 10 atom stereocenters. The van der Waals surface area contributed by atoms with Gasteiger partial charge in [-0.15, -0.1) is 0 Å². The zero-order chi connectivity index (χ0) is 71.2. The lowest BCUT2D eigenvalue weighted by Gasteiger charge is -2.31. The van der Waals surface area contributed by atoms with Crippen LogP contribution in [0.1, 0.15) is 105 Å². The Balaban J connectivity index is 1.48. The van der Waals surface area contributed by atoms with Gasteiger partial charge in [-0.25, -0.2) is 4.79 Å². The number of carboxylic acid groups (broad SMARTS) is 1. The number of halogens is 2. The summed E-state index contributed by atoms with van der Waals surface area (Å²) in [5.41, 5.74) is 3.73. The highest BCUT2D eigenvalue weighted by Gasteiger charge is 2.43. The zero-order valence-electron chi connectivity index (χ0n) is 54.5. The van der Waals surface area contributed by atoms with Crippen LogP contribution in [0.3, 0.4) is 0 Å². The number of ether oxygens (including phenoxy) is 1. The first kappa shape index (κ1) is 76.4. The number of esters is 1. The van der Waals surface area contributed by atoms with Gasteiger partial charge in [0.05, 0.1) is 27.7 Å². The molecular weight excluding hydrogens is 1320 g/mol. The SMILES string of the molecule is CC(C)=CCc1ccc(Cl)c2[nH]cc(C[C@@H]3NC(=O)[C@H](Cc4c[nH]c5c(Cl)cccc45)NC(=O)[C@@H]4CCCN4C(=O)[C@@H](CS(=O)(=O)O)NC(=O)[C@@H](NC(=O)[C@@H](NC(=O)[C@H](C)NC(=O)CC(=O)O)C(C)C)COC(=O)[C@H](CO)NC(=O)[C@@H](CC(C)C)NC(=O)[C@@H](C(C)C)NC3=O)c12. The van der Waals surface area contributed by atoms with Gasteiger partial charge in [-0.05, 0) is 93.0 Å². The van der Waals surface area contributed by atoms with Crippen LogP contribution in [0.2, 0.25) is 10.0 Å². The number of benzene rings is 2. The van der Waals surface area contributed by atoms with Crippen LogP contribution >= 0.6 is 23.2 Å². The summed E-state index contributed by atoms with van der Waals surface area (Å²) in [4.78, 5) is 176. The second-order valence-electron chi connectivity index (χ2n) is 25.2. The van der Waals surface area contributed by atoms with Gasteiger partial charge in [0.25, 0.3) is 10.1 Å². The van der Waals surface area contributed by atoms with E-state index in [1.807, 2.05) is 26.0 Å². The summed E-state index contributed by atoms with van der Waals surface area (Å²) in [6.45, 7) is 11.9. The number of aromatic amines is 2. The number of aromatic nitrogens is 2. The first-order valence-corrected chi connectivity index (χ1v) is 33.6. The van der Waals surface area contributed by atoms with Crippen molar-refractivity contribution in [3.05, 3.63) is 81.1 Å². The molecule has 4 aromatic rings. The minimum atomic E-state index is -5.26. The fourth-order valence-corrected chi connectivity index (χ4v) is 12.2. The summed E-state index contributed by atoms with van der Waals surface area (Å²) >= 11 is 13.3. The van der Waals surface area contributed by atoms with E-state index in [1.165, 1.54) is 20.8 Å². The van der Waals surface area contributed by atoms with Crippen LogP contribution in [-0.2, 0) is 91.7 Å². The van der Waals surface area contributed by atoms with Gasteiger partial charge < -0.3 is 77.7 Å². The molecule has 2 saturated heterocycles. The molecule has 524 valence electrons. The number of aliphatic hydroxyl groups is 1. The maximum absolute atomic E-state index is 15.4. The number of nitrogens with one attached hydrogen (secondary N) is 11. The molecule has 2 aromatic heterocycles. The number of nitrogens with zero attached hydrogens (tertiary/aromatic N) is 1. The summed E-state index contributed by atoms with van der Waals surface area (Å²) in [5.74, 6) is -17.3. The number of hydrogen-bond donors (Lipinski definition) is 14. The Kier molecular flexibility index (Phi) is 26.9. The van der Waals surface area contributed by atoms with Crippen molar-refractivity contribution in [1.82, 2.24) is 62.7 Å². The highest BCUT2D eigenvalue weighted by atomic mass is 35.5. The number of cyclic esters (lactones) is 1. The van der Waals surface area contributed by atoms with E-state index in [0.29, 0.717) is 49.4 Å². The van der Waals surface area contributed by atoms with Gasteiger partial charge in [0, 0.05) is 42.6 Å². The van der Waals surface area contributed by atoms with Crippen molar-refractivity contribution in [2.75, 3.05) is 25.5 Å². The van der Waals surface area contributed by atoms with Crippen LogP contribution in [0.5, 0.6) is 0 Å². The Morgan fingerprint density at radius 1 is 0.708 bits per heavy atom. The van der Waals surface area contributed by atoms with Gasteiger partial charge in [-0.1, -0.05) is 94.6 Å². The summed E-state index contributed by atoms with van der Waals surface area (Å²) in [5, 5.41) is 43.7. The van der Waals surface area contributed by atoms with Crippen molar-refractivity contribution in [2.45, 2.75) is 168 Å². The van der Waals surface area contributed by atoms with Gasteiger partial charge in [0.2, 0.25) is 59.1 Å². The molecule has 0 radical (unpaired) electrons. The fraction of sp³-hybridized carbons (Fsp3) is 0.524. The predicted molar refractivity (Wildman–Crippen MR) is 351 cm³/mol. The van der Waals surface area contributed by atoms with Gasteiger partial charge in [-0.2, -0.15) is 8.42 Å². The predicted octanol–water partition coefficient (Wildman–Crippen LogP) is 0.894. The Morgan fingerprint density at radius 3 is 1.93 bits per heavy atom. The number of rotatable bonds is 20. The quantitative estimate of drug-likeness (QED) is 0.0253. The summed E-state index contributed by atoms with van der Waals surface area (Å²) < 4.78 is 41.3. The van der Waals surface area contributed by atoms with E-state index in [2.05, 4.69) is 57.8 Å². The van der Waals surface area contributed by atoms with E-state index < -0.39 is 179 Å². The number of carbonyl (C=O) groups is 12. The molecule has 0 bridgehead atoms. The molecule has 30 nitrogen and oxygen atoms in total. The van der Waals surface area contributed by atoms with Crippen molar-refractivity contribution in [1.29, 1.82) is 0 Å². The first-order valence-electron chi connectivity index (χ1n) is 31.2. The largest absolute Gasteiger partial charge is 0.481 e. The smallest absolute Gasteiger partial charge is 0.331 e. The lowest BCUT2D eigenvalue weighted by molar-refractivity contribution is -0.152. The first-order chi connectivity index (χ1) is 45.1. The summed E-state index contributed by atoms with van der Waals surface area (Å²) in [6, 6.07) is -8.67. The monoisotopic (exact) mass is 1400 g/mol. The number of carbonyl (C=O) groups excluding carboxylic acids is 11. The Bertz CT molecular complexity index is 3760. The molecule has 4 heterocycles. The minimum absolute atomic E-state index is 0.0742. The summed E-state index contributed by atoms with van der Waals surface area (Å²) in [7, 11) is -5.26. The molecule has 0 saturated carbocycles. The number of allylic oxidation sites excluding steroid dienone is 2. The molecule has 96 heavy (non-hydrogen) atoms. The molecule has 2 fully saturated rings. The molecule has 0 aliphatic carbocycles.